The molecule has 1 aliphatic rings. The average molecular weight is 415 g/mol. The highest BCUT2D eigenvalue weighted by atomic mass is 35.5. The van der Waals surface area contributed by atoms with Gasteiger partial charge in [0.2, 0.25) is 11.8 Å². The summed E-state index contributed by atoms with van der Waals surface area (Å²) in [6, 6.07) is 15.2. The van der Waals surface area contributed by atoms with Gasteiger partial charge in [0.1, 0.15) is 0 Å². The van der Waals surface area contributed by atoms with Crippen molar-refractivity contribution in [3.8, 4) is 0 Å². The minimum Gasteiger partial charge on any atom is -0.383 e. The molecule has 1 saturated heterocycles. The third-order valence-electron chi connectivity index (χ3n) is 5.41. The molecule has 6 heteroatoms. The zero-order valence-corrected chi connectivity index (χ0v) is 17.6. The number of ether oxygens (including phenoxy) is 1. The highest BCUT2D eigenvalue weighted by Crippen LogP contribution is 2.37. The first kappa shape index (κ1) is 21.3. The van der Waals surface area contributed by atoms with Gasteiger partial charge in [0, 0.05) is 31.6 Å². The molecule has 0 aliphatic carbocycles. The third kappa shape index (κ3) is 5.17. The summed E-state index contributed by atoms with van der Waals surface area (Å²) in [6.45, 7) is 3.28. The topological polar surface area (TPSA) is 58.6 Å². The van der Waals surface area contributed by atoms with Crippen LogP contribution in [-0.2, 0) is 20.9 Å². The number of halogens is 1. The molecule has 0 saturated carbocycles. The largest absolute Gasteiger partial charge is 0.383 e. The Morgan fingerprint density at radius 3 is 2.62 bits per heavy atom. The molecule has 0 spiro atoms. The first-order valence-corrected chi connectivity index (χ1v) is 10.2. The highest BCUT2D eigenvalue weighted by Gasteiger charge is 2.40. The number of likely N-dealkylation sites (tertiary alicyclic amines) is 1. The minimum absolute atomic E-state index is 0.0581. The van der Waals surface area contributed by atoms with Gasteiger partial charge in [-0.15, -0.1) is 0 Å². The number of carbonyl (C=O) groups excluding carboxylic acids is 2. The number of aryl methyl sites for hydroxylation is 1. The molecule has 2 atom stereocenters. The van der Waals surface area contributed by atoms with Gasteiger partial charge in [-0.2, -0.15) is 0 Å². The lowest BCUT2D eigenvalue weighted by atomic mass is 9.83. The summed E-state index contributed by atoms with van der Waals surface area (Å²) in [5.74, 6) is -0.331. The van der Waals surface area contributed by atoms with Crippen molar-refractivity contribution in [3.05, 3.63) is 70.2 Å². The van der Waals surface area contributed by atoms with Crippen LogP contribution in [0.25, 0.3) is 0 Å². The zero-order chi connectivity index (χ0) is 20.8. The van der Waals surface area contributed by atoms with Crippen molar-refractivity contribution in [2.24, 2.45) is 5.92 Å². The molecule has 1 fully saturated rings. The molecule has 1 N–H and O–H groups in total. The van der Waals surface area contributed by atoms with Crippen LogP contribution in [0.5, 0.6) is 0 Å². The summed E-state index contributed by atoms with van der Waals surface area (Å²) < 4.78 is 5.20. The number of methoxy groups -OCH3 is 1. The molecule has 1 heterocycles. The normalized spacial score (nSPS) is 19.3. The molecular formula is C23H27ClN2O3. The summed E-state index contributed by atoms with van der Waals surface area (Å²) in [6.07, 6.45) is 0.880. The Labute approximate surface area is 177 Å². The maximum atomic E-state index is 13.1. The number of nitrogens with zero attached hydrogens (tertiary/aromatic N) is 1. The van der Waals surface area contributed by atoms with Crippen LogP contribution in [0, 0.1) is 12.8 Å². The molecule has 0 aromatic heterocycles. The molecule has 0 bridgehead atoms. The fourth-order valence-corrected chi connectivity index (χ4v) is 4.01. The van der Waals surface area contributed by atoms with Gasteiger partial charge in [-0.05, 0) is 30.5 Å². The Morgan fingerprint density at radius 2 is 1.93 bits per heavy atom. The molecule has 2 aromatic rings. The Bertz CT molecular complexity index is 853. The van der Waals surface area contributed by atoms with Gasteiger partial charge in [-0.25, -0.2) is 0 Å². The van der Waals surface area contributed by atoms with Crippen LogP contribution in [0.1, 0.15) is 35.6 Å². The van der Waals surface area contributed by atoms with Crippen LogP contribution in [0.2, 0.25) is 5.02 Å². The van der Waals surface area contributed by atoms with Crippen molar-refractivity contribution >= 4 is 23.4 Å². The van der Waals surface area contributed by atoms with Crippen LogP contribution < -0.4 is 5.32 Å². The van der Waals surface area contributed by atoms with E-state index in [-0.39, 0.29) is 23.8 Å². The van der Waals surface area contributed by atoms with Crippen LogP contribution in [0.15, 0.2) is 48.5 Å². The maximum Gasteiger partial charge on any atom is 0.225 e. The van der Waals surface area contributed by atoms with Gasteiger partial charge >= 0.3 is 0 Å². The van der Waals surface area contributed by atoms with E-state index in [1.54, 1.807) is 12.0 Å². The second kappa shape index (κ2) is 9.90. The lowest BCUT2D eigenvalue weighted by molar-refractivity contribution is -0.144. The second-order valence-corrected chi connectivity index (χ2v) is 7.80. The van der Waals surface area contributed by atoms with E-state index in [0.29, 0.717) is 37.6 Å². The molecule has 2 amide bonds. The molecule has 0 radical (unpaired) electrons. The van der Waals surface area contributed by atoms with E-state index >= 15 is 0 Å². The molecule has 154 valence electrons. The lowest BCUT2D eigenvalue weighted by Crippen LogP contribution is -2.49. The molecule has 2 aromatic carbocycles. The number of amides is 2. The van der Waals surface area contributed by atoms with E-state index < -0.39 is 0 Å². The van der Waals surface area contributed by atoms with Gasteiger partial charge in [-0.3, -0.25) is 9.59 Å². The average Bonchev–Trinajstić information content (AvgIpc) is 2.72. The number of piperidine rings is 1. The van der Waals surface area contributed by atoms with Crippen molar-refractivity contribution in [2.45, 2.75) is 32.4 Å². The van der Waals surface area contributed by atoms with E-state index in [1.807, 2.05) is 55.5 Å². The summed E-state index contributed by atoms with van der Waals surface area (Å²) in [7, 11) is 1.61. The SMILES string of the molecule is COCCN1C(=O)CC[C@@H](C(=O)NCc2ccccc2Cl)[C@H]1c1ccc(C)cc1. The highest BCUT2D eigenvalue weighted by molar-refractivity contribution is 6.31. The summed E-state index contributed by atoms with van der Waals surface area (Å²) >= 11 is 6.21. The minimum atomic E-state index is -0.324. The van der Waals surface area contributed by atoms with Crippen molar-refractivity contribution < 1.29 is 14.3 Å². The van der Waals surface area contributed by atoms with Crippen molar-refractivity contribution in [1.29, 1.82) is 0 Å². The Morgan fingerprint density at radius 1 is 1.21 bits per heavy atom. The lowest BCUT2D eigenvalue weighted by Gasteiger charge is -2.41. The number of benzene rings is 2. The smallest absolute Gasteiger partial charge is 0.225 e. The van der Waals surface area contributed by atoms with Crippen molar-refractivity contribution in [3.63, 3.8) is 0 Å². The van der Waals surface area contributed by atoms with Gasteiger partial charge in [0.15, 0.2) is 0 Å². The molecule has 29 heavy (non-hydrogen) atoms. The molecule has 0 unspecified atom stereocenters. The summed E-state index contributed by atoms with van der Waals surface area (Å²) in [5, 5.41) is 3.65. The third-order valence-corrected chi connectivity index (χ3v) is 5.78. The fraction of sp³-hybridized carbons (Fsp3) is 0.391. The Hall–Kier alpha value is -2.37. The van der Waals surface area contributed by atoms with E-state index in [4.69, 9.17) is 16.3 Å². The van der Waals surface area contributed by atoms with Gasteiger partial charge < -0.3 is 15.0 Å². The number of carbonyl (C=O) groups is 2. The standard InChI is InChI=1S/C23H27ClN2O3/c1-16-7-9-17(10-8-16)22-19(11-12-21(27)26(22)13-14-29-2)23(28)25-15-18-5-3-4-6-20(18)24/h3-10,19,22H,11-15H2,1-2H3,(H,25,28)/t19-,22-/m1/s1. The number of rotatable bonds is 7. The van der Waals surface area contributed by atoms with Crippen LogP contribution in [-0.4, -0.2) is 37.0 Å². The van der Waals surface area contributed by atoms with Crippen molar-refractivity contribution in [1.82, 2.24) is 10.2 Å². The second-order valence-electron chi connectivity index (χ2n) is 7.39. The van der Waals surface area contributed by atoms with Gasteiger partial charge in [0.25, 0.3) is 0 Å². The van der Waals surface area contributed by atoms with Gasteiger partial charge in [0.05, 0.1) is 18.6 Å². The molecule has 1 aliphatic heterocycles. The van der Waals surface area contributed by atoms with Crippen LogP contribution in [0.3, 0.4) is 0 Å². The van der Waals surface area contributed by atoms with E-state index in [9.17, 15) is 9.59 Å². The Balaban J connectivity index is 1.83. The van der Waals surface area contributed by atoms with Crippen LogP contribution in [0.4, 0.5) is 0 Å². The maximum absolute atomic E-state index is 13.1. The van der Waals surface area contributed by atoms with E-state index in [0.717, 1.165) is 16.7 Å². The predicted octanol–water partition coefficient (Wildman–Crippen LogP) is 3.89. The molecular weight excluding hydrogens is 388 g/mol. The monoisotopic (exact) mass is 414 g/mol. The number of hydrogen-bond acceptors (Lipinski definition) is 3. The number of hydrogen-bond donors (Lipinski definition) is 1. The predicted molar refractivity (Wildman–Crippen MR) is 114 cm³/mol. The fourth-order valence-electron chi connectivity index (χ4n) is 3.81. The van der Waals surface area contributed by atoms with Crippen molar-refractivity contribution in [2.75, 3.05) is 20.3 Å². The van der Waals surface area contributed by atoms with E-state index in [1.165, 1.54) is 0 Å². The molecule has 5 nitrogen and oxygen atoms in total. The summed E-state index contributed by atoms with van der Waals surface area (Å²) in [5.41, 5.74) is 2.98. The van der Waals surface area contributed by atoms with Crippen LogP contribution >= 0.6 is 11.6 Å². The zero-order valence-electron chi connectivity index (χ0n) is 16.9. The Kier molecular flexibility index (Phi) is 7.29. The first-order valence-electron chi connectivity index (χ1n) is 9.87. The first-order chi connectivity index (χ1) is 14.0. The summed E-state index contributed by atoms with van der Waals surface area (Å²) in [4.78, 5) is 27.6. The van der Waals surface area contributed by atoms with Gasteiger partial charge in [-0.1, -0.05) is 59.6 Å². The molecule has 3 rings (SSSR count). The quantitative estimate of drug-likeness (QED) is 0.747. The van der Waals surface area contributed by atoms with E-state index in [2.05, 4.69) is 5.32 Å². The number of nitrogens with one attached hydrogen (secondary N) is 1.